The van der Waals surface area contributed by atoms with Gasteiger partial charge >= 0.3 is 0 Å². The molecule has 2 heteroatoms. The van der Waals surface area contributed by atoms with Crippen LogP contribution in [0.5, 0.6) is 0 Å². The van der Waals surface area contributed by atoms with E-state index in [1.54, 1.807) is 0 Å². The maximum Gasteiger partial charge on any atom is 0.0707 e. The minimum Gasteiger partial charge on any atom is -0.383 e. The number of benzene rings is 1. The third-order valence-electron chi connectivity index (χ3n) is 2.24. The molecule has 0 saturated heterocycles. The van der Waals surface area contributed by atoms with Gasteiger partial charge in [-0.25, -0.2) is 0 Å². The van der Waals surface area contributed by atoms with Crippen molar-refractivity contribution in [2.45, 2.75) is 0 Å². The Bertz CT molecular complexity index is 481. The molecule has 0 atom stereocenters. The maximum absolute atomic E-state index is 4.32. The summed E-state index contributed by atoms with van der Waals surface area (Å²) in [6, 6.07) is 10.2. The van der Waals surface area contributed by atoms with E-state index >= 15 is 0 Å². The molecule has 0 bridgehead atoms. The Balaban J connectivity index is 2.51. The Labute approximate surface area is 89.9 Å². The molecular weight excluding hydrogens is 184 g/mol. The van der Waals surface area contributed by atoms with Crippen molar-refractivity contribution in [1.82, 2.24) is 9.88 Å². The van der Waals surface area contributed by atoms with Gasteiger partial charge in [0, 0.05) is 25.7 Å². The van der Waals surface area contributed by atoms with E-state index in [0.29, 0.717) is 0 Å². The van der Waals surface area contributed by atoms with Crippen molar-refractivity contribution in [1.29, 1.82) is 0 Å². The molecular formula is C13H14N2. The van der Waals surface area contributed by atoms with Crippen molar-refractivity contribution < 1.29 is 0 Å². The van der Waals surface area contributed by atoms with E-state index in [2.05, 4.69) is 17.1 Å². The van der Waals surface area contributed by atoms with Crippen LogP contribution in [0.15, 0.2) is 42.7 Å². The predicted molar refractivity (Wildman–Crippen MR) is 64.5 cm³/mol. The molecule has 0 unspecified atom stereocenters. The monoisotopic (exact) mass is 198 g/mol. The molecule has 2 rings (SSSR count). The van der Waals surface area contributed by atoms with Crippen LogP contribution in [0.2, 0.25) is 0 Å². The molecule has 0 N–H and O–H groups in total. The number of para-hydroxylation sites is 1. The van der Waals surface area contributed by atoms with E-state index in [4.69, 9.17) is 0 Å². The molecule has 2 aromatic rings. The summed E-state index contributed by atoms with van der Waals surface area (Å²) in [5, 5.41) is 1.19. The van der Waals surface area contributed by atoms with E-state index < -0.39 is 0 Å². The highest BCUT2D eigenvalue weighted by Gasteiger charge is 1.96. The molecule has 1 aromatic heterocycles. The Kier molecular flexibility index (Phi) is 2.68. The summed E-state index contributed by atoms with van der Waals surface area (Å²) in [7, 11) is 4.03. The lowest BCUT2D eigenvalue weighted by Gasteiger charge is -2.05. The van der Waals surface area contributed by atoms with Crippen LogP contribution in [-0.2, 0) is 0 Å². The van der Waals surface area contributed by atoms with Gasteiger partial charge < -0.3 is 4.90 Å². The molecule has 1 heterocycles. The van der Waals surface area contributed by atoms with Gasteiger partial charge in [0.1, 0.15) is 0 Å². The number of pyridine rings is 1. The van der Waals surface area contributed by atoms with Gasteiger partial charge in [-0.05, 0) is 30.0 Å². The number of aromatic nitrogens is 1. The van der Waals surface area contributed by atoms with Crippen LogP contribution in [0.1, 0.15) is 5.56 Å². The van der Waals surface area contributed by atoms with Gasteiger partial charge in [-0.2, -0.15) is 0 Å². The van der Waals surface area contributed by atoms with Crippen LogP contribution < -0.4 is 0 Å². The summed E-state index contributed by atoms with van der Waals surface area (Å²) >= 11 is 0. The Hall–Kier alpha value is -1.83. The molecule has 0 aliphatic carbocycles. The molecule has 0 radical (unpaired) electrons. The Morgan fingerprint density at radius 2 is 1.93 bits per heavy atom. The van der Waals surface area contributed by atoms with Crippen LogP contribution in [0.25, 0.3) is 17.0 Å². The number of rotatable bonds is 2. The molecule has 76 valence electrons. The minimum atomic E-state index is 1.04. The highest BCUT2D eigenvalue weighted by molar-refractivity contribution is 5.87. The number of hydrogen-bond donors (Lipinski definition) is 0. The van der Waals surface area contributed by atoms with Crippen LogP contribution >= 0.6 is 0 Å². The molecule has 2 nitrogen and oxygen atoms in total. The zero-order chi connectivity index (χ0) is 10.7. The first-order valence-corrected chi connectivity index (χ1v) is 4.96. The number of fused-ring (bicyclic) bond motifs is 1. The lowest BCUT2D eigenvalue weighted by Crippen LogP contribution is -1.99. The normalized spacial score (nSPS) is 11.1. The molecule has 0 aliphatic rings. The zero-order valence-corrected chi connectivity index (χ0v) is 9.01. The summed E-state index contributed by atoms with van der Waals surface area (Å²) in [4.78, 5) is 6.34. The molecule has 0 spiro atoms. The van der Waals surface area contributed by atoms with Crippen molar-refractivity contribution in [2.75, 3.05) is 14.1 Å². The number of nitrogens with zero attached hydrogens (tertiary/aromatic N) is 2. The van der Waals surface area contributed by atoms with Gasteiger partial charge in [-0.15, -0.1) is 0 Å². The summed E-state index contributed by atoms with van der Waals surface area (Å²) in [6.45, 7) is 0. The van der Waals surface area contributed by atoms with Crippen molar-refractivity contribution in [2.24, 2.45) is 0 Å². The predicted octanol–water partition coefficient (Wildman–Crippen LogP) is 2.77. The second-order valence-electron chi connectivity index (χ2n) is 3.70. The Morgan fingerprint density at radius 3 is 2.73 bits per heavy atom. The van der Waals surface area contributed by atoms with Crippen molar-refractivity contribution in [3.8, 4) is 0 Å². The first-order valence-electron chi connectivity index (χ1n) is 4.96. The second kappa shape index (κ2) is 4.13. The van der Waals surface area contributed by atoms with Crippen LogP contribution in [0, 0.1) is 0 Å². The van der Waals surface area contributed by atoms with Crippen LogP contribution in [0.3, 0.4) is 0 Å². The van der Waals surface area contributed by atoms with Crippen molar-refractivity contribution in [3.05, 3.63) is 48.3 Å². The highest BCUT2D eigenvalue weighted by Crippen LogP contribution is 2.17. The number of hydrogen-bond acceptors (Lipinski definition) is 2. The van der Waals surface area contributed by atoms with Crippen molar-refractivity contribution in [3.63, 3.8) is 0 Å². The smallest absolute Gasteiger partial charge is 0.0707 e. The SMILES string of the molecule is CN(C)C=Cc1ccnc2ccccc12. The third kappa shape index (κ3) is 2.15. The quantitative estimate of drug-likeness (QED) is 0.737. The molecule has 0 fully saturated rings. The maximum atomic E-state index is 4.32. The summed E-state index contributed by atoms with van der Waals surface area (Å²) in [6.07, 6.45) is 5.99. The summed E-state index contributed by atoms with van der Waals surface area (Å²) in [5.74, 6) is 0. The Morgan fingerprint density at radius 1 is 1.13 bits per heavy atom. The van der Waals surface area contributed by atoms with E-state index in [-0.39, 0.29) is 0 Å². The van der Waals surface area contributed by atoms with Gasteiger partial charge in [0.05, 0.1) is 5.52 Å². The van der Waals surface area contributed by atoms with E-state index in [1.807, 2.05) is 55.7 Å². The lowest BCUT2D eigenvalue weighted by molar-refractivity contribution is 0.567. The average Bonchev–Trinajstić information content (AvgIpc) is 2.26. The summed E-state index contributed by atoms with van der Waals surface area (Å²) in [5.41, 5.74) is 2.24. The van der Waals surface area contributed by atoms with Crippen LogP contribution in [0.4, 0.5) is 0 Å². The zero-order valence-electron chi connectivity index (χ0n) is 9.01. The minimum absolute atomic E-state index is 1.04. The fourth-order valence-corrected chi connectivity index (χ4v) is 1.49. The van der Waals surface area contributed by atoms with Gasteiger partial charge in [0.25, 0.3) is 0 Å². The van der Waals surface area contributed by atoms with E-state index in [9.17, 15) is 0 Å². The first-order chi connectivity index (χ1) is 7.27. The van der Waals surface area contributed by atoms with Gasteiger partial charge in [-0.3, -0.25) is 4.98 Å². The fraction of sp³-hybridized carbons (Fsp3) is 0.154. The van der Waals surface area contributed by atoms with Crippen molar-refractivity contribution >= 4 is 17.0 Å². The average molecular weight is 198 g/mol. The molecule has 0 amide bonds. The third-order valence-corrected chi connectivity index (χ3v) is 2.24. The highest BCUT2D eigenvalue weighted by atomic mass is 15.0. The van der Waals surface area contributed by atoms with Crippen LogP contribution in [-0.4, -0.2) is 24.0 Å². The molecule has 0 aliphatic heterocycles. The standard InChI is InChI=1S/C13H14N2/c1-15(2)10-8-11-7-9-14-13-6-4-3-5-12(11)13/h3-10H,1-2H3. The first kappa shape index (κ1) is 9.71. The fourth-order valence-electron chi connectivity index (χ4n) is 1.49. The van der Waals surface area contributed by atoms with Gasteiger partial charge in [0.15, 0.2) is 0 Å². The van der Waals surface area contributed by atoms with Gasteiger partial charge in [0.2, 0.25) is 0 Å². The van der Waals surface area contributed by atoms with E-state index in [1.165, 1.54) is 10.9 Å². The lowest BCUT2D eigenvalue weighted by atomic mass is 10.1. The van der Waals surface area contributed by atoms with Gasteiger partial charge in [-0.1, -0.05) is 18.2 Å². The topological polar surface area (TPSA) is 16.1 Å². The second-order valence-corrected chi connectivity index (χ2v) is 3.70. The molecule has 15 heavy (non-hydrogen) atoms. The largest absolute Gasteiger partial charge is 0.383 e. The molecule has 1 aromatic carbocycles. The molecule has 0 saturated carbocycles. The van der Waals surface area contributed by atoms with E-state index in [0.717, 1.165) is 5.52 Å². The summed E-state index contributed by atoms with van der Waals surface area (Å²) < 4.78 is 0.